The van der Waals surface area contributed by atoms with Crippen LogP contribution in [-0.4, -0.2) is 40.7 Å². The van der Waals surface area contributed by atoms with Crippen LogP contribution in [0.15, 0.2) is 77.6 Å². The first-order chi connectivity index (χ1) is 18.5. The topological polar surface area (TPSA) is 76.5 Å². The van der Waals surface area contributed by atoms with Gasteiger partial charge in [0.2, 0.25) is 0 Å². The van der Waals surface area contributed by atoms with E-state index in [0.717, 1.165) is 18.5 Å². The summed E-state index contributed by atoms with van der Waals surface area (Å²) < 4.78 is 7.01. The SMILES string of the molecule is CCc1ccc(NC(=O)N(CCOC)C(CC)c2nc3ccccc3c(=O)n2-c2ccc(CC)cc2)cc1. The van der Waals surface area contributed by atoms with Crippen molar-refractivity contribution in [2.45, 2.75) is 46.1 Å². The fourth-order valence-electron chi connectivity index (χ4n) is 4.65. The van der Waals surface area contributed by atoms with E-state index >= 15 is 0 Å². The molecule has 7 heteroatoms. The number of anilines is 1. The minimum absolute atomic E-state index is 0.157. The molecule has 1 atom stereocenters. The number of nitrogens with one attached hydrogen (secondary N) is 1. The number of aryl methyl sites for hydroxylation is 2. The van der Waals surface area contributed by atoms with Crippen LogP contribution in [-0.2, 0) is 17.6 Å². The second-order valence-electron chi connectivity index (χ2n) is 9.24. The Balaban J connectivity index is 1.83. The van der Waals surface area contributed by atoms with E-state index < -0.39 is 6.04 Å². The summed E-state index contributed by atoms with van der Waals surface area (Å²) in [5.74, 6) is 0.521. The molecular weight excluding hydrogens is 476 g/mol. The maximum absolute atomic E-state index is 13.9. The highest BCUT2D eigenvalue weighted by Gasteiger charge is 2.29. The molecule has 1 heterocycles. The van der Waals surface area contributed by atoms with Crippen molar-refractivity contribution in [3.63, 3.8) is 0 Å². The second-order valence-corrected chi connectivity index (χ2v) is 9.24. The van der Waals surface area contributed by atoms with E-state index in [9.17, 15) is 9.59 Å². The van der Waals surface area contributed by atoms with Crippen LogP contribution in [0.5, 0.6) is 0 Å². The van der Waals surface area contributed by atoms with Crippen molar-refractivity contribution in [2.75, 3.05) is 25.6 Å². The summed E-state index contributed by atoms with van der Waals surface area (Å²) in [6.07, 6.45) is 2.39. The third-order valence-electron chi connectivity index (χ3n) is 6.88. The Hall–Kier alpha value is -3.97. The van der Waals surface area contributed by atoms with Crippen LogP contribution in [0, 0.1) is 0 Å². The number of para-hydroxylation sites is 1. The molecule has 1 unspecified atom stereocenters. The number of aromatic nitrogens is 2. The van der Waals surface area contributed by atoms with Crippen LogP contribution in [0.1, 0.15) is 50.2 Å². The smallest absolute Gasteiger partial charge is 0.322 e. The van der Waals surface area contributed by atoms with Crippen molar-refractivity contribution in [2.24, 2.45) is 0 Å². The number of methoxy groups -OCH3 is 1. The summed E-state index contributed by atoms with van der Waals surface area (Å²) in [6.45, 7) is 6.88. The van der Waals surface area contributed by atoms with E-state index in [-0.39, 0.29) is 11.6 Å². The first kappa shape index (κ1) is 27.1. The average molecular weight is 513 g/mol. The van der Waals surface area contributed by atoms with Crippen molar-refractivity contribution in [3.8, 4) is 5.69 Å². The van der Waals surface area contributed by atoms with E-state index in [1.807, 2.05) is 73.7 Å². The molecule has 3 aromatic carbocycles. The highest BCUT2D eigenvalue weighted by molar-refractivity contribution is 5.89. The fraction of sp³-hybridized carbons (Fsp3) is 0.323. The number of urea groups is 1. The molecule has 1 aromatic heterocycles. The zero-order valence-electron chi connectivity index (χ0n) is 22.6. The molecule has 0 spiro atoms. The zero-order valence-corrected chi connectivity index (χ0v) is 22.6. The molecule has 0 aliphatic carbocycles. The average Bonchev–Trinajstić information content (AvgIpc) is 2.95. The van der Waals surface area contributed by atoms with E-state index in [4.69, 9.17) is 9.72 Å². The van der Waals surface area contributed by atoms with Gasteiger partial charge in [0.05, 0.1) is 29.2 Å². The molecule has 0 saturated carbocycles. The first-order valence-corrected chi connectivity index (χ1v) is 13.3. The van der Waals surface area contributed by atoms with E-state index in [0.29, 0.717) is 42.0 Å². The van der Waals surface area contributed by atoms with Gasteiger partial charge in [-0.25, -0.2) is 9.78 Å². The van der Waals surface area contributed by atoms with Gasteiger partial charge in [-0.15, -0.1) is 0 Å². The molecule has 0 bridgehead atoms. The van der Waals surface area contributed by atoms with Crippen LogP contribution in [0.2, 0.25) is 0 Å². The number of amides is 2. The number of rotatable bonds is 10. The van der Waals surface area contributed by atoms with Crippen molar-refractivity contribution < 1.29 is 9.53 Å². The molecule has 0 radical (unpaired) electrons. The Morgan fingerprint density at radius 3 is 2.18 bits per heavy atom. The molecule has 0 saturated heterocycles. The van der Waals surface area contributed by atoms with Gasteiger partial charge in [-0.2, -0.15) is 0 Å². The Morgan fingerprint density at radius 1 is 0.947 bits per heavy atom. The standard InChI is InChI=1S/C31H36N4O3/c1-5-22-12-16-24(17-13-22)32-31(37)34(20-21-38-4)28(7-3)29-33-27-11-9-8-10-26(27)30(36)35(29)25-18-14-23(6-2)15-19-25/h8-19,28H,5-7,20-21H2,1-4H3,(H,32,37). The molecule has 4 rings (SSSR count). The lowest BCUT2D eigenvalue weighted by Gasteiger charge is -2.32. The number of carbonyl (C=O) groups is 1. The number of carbonyl (C=O) groups excluding carboxylic acids is 1. The summed E-state index contributed by atoms with van der Waals surface area (Å²) in [4.78, 5) is 34.2. The van der Waals surface area contributed by atoms with E-state index in [1.54, 1.807) is 22.6 Å². The molecule has 4 aromatic rings. The van der Waals surface area contributed by atoms with Crippen molar-refractivity contribution >= 4 is 22.6 Å². The van der Waals surface area contributed by atoms with Gasteiger partial charge in [0.1, 0.15) is 5.82 Å². The lowest BCUT2D eigenvalue weighted by Crippen LogP contribution is -2.42. The Kier molecular flexibility index (Phi) is 8.92. The summed E-state index contributed by atoms with van der Waals surface area (Å²) in [7, 11) is 1.61. The summed E-state index contributed by atoms with van der Waals surface area (Å²) in [6, 6.07) is 22.4. The highest BCUT2D eigenvalue weighted by Crippen LogP contribution is 2.27. The van der Waals surface area contributed by atoms with Crippen LogP contribution in [0.4, 0.5) is 10.5 Å². The third-order valence-corrected chi connectivity index (χ3v) is 6.88. The molecule has 0 fully saturated rings. The number of hydrogen-bond donors (Lipinski definition) is 1. The second kappa shape index (κ2) is 12.5. The van der Waals surface area contributed by atoms with Crippen LogP contribution in [0.3, 0.4) is 0 Å². The van der Waals surface area contributed by atoms with Gasteiger partial charge < -0.3 is 15.0 Å². The predicted octanol–water partition coefficient (Wildman–Crippen LogP) is 6.14. The van der Waals surface area contributed by atoms with Gasteiger partial charge in [0.25, 0.3) is 5.56 Å². The number of hydrogen-bond acceptors (Lipinski definition) is 4. The fourth-order valence-corrected chi connectivity index (χ4v) is 4.65. The summed E-state index contributed by atoms with van der Waals surface area (Å²) >= 11 is 0. The lowest BCUT2D eigenvalue weighted by atomic mass is 10.1. The minimum Gasteiger partial charge on any atom is -0.383 e. The largest absolute Gasteiger partial charge is 0.383 e. The van der Waals surface area contributed by atoms with Gasteiger partial charge in [0, 0.05) is 19.3 Å². The molecule has 38 heavy (non-hydrogen) atoms. The first-order valence-electron chi connectivity index (χ1n) is 13.3. The number of fused-ring (bicyclic) bond motifs is 1. The normalized spacial score (nSPS) is 11.9. The van der Waals surface area contributed by atoms with Gasteiger partial charge >= 0.3 is 6.03 Å². The molecule has 7 nitrogen and oxygen atoms in total. The van der Waals surface area contributed by atoms with Gasteiger partial charge in [-0.1, -0.05) is 57.2 Å². The summed E-state index contributed by atoms with van der Waals surface area (Å²) in [5.41, 5.74) is 4.26. The quantitative estimate of drug-likeness (QED) is 0.277. The maximum atomic E-state index is 13.9. The van der Waals surface area contributed by atoms with Crippen molar-refractivity contribution in [3.05, 3.63) is 100 Å². The Morgan fingerprint density at radius 2 is 1.58 bits per heavy atom. The molecule has 2 amide bonds. The molecule has 0 aliphatic heterocycles. The van der Waals surface area contributed by atoms with E-state index in [1.165, 1.54) is 11.1 Å². The Bertz CT molecular complexity index is 1430. The minimum atomic E-state index is -0.469. The van der Waals surface area contributed by atoms with Gasteiger partial charge in [-0.3, -0.25) is 9.36 Å². The molecule has 198 valence electrons. The van der Waals surface area contributed by atoms with Crippen molar-refractivity contribution in [1.82, 2.24) is 14.5 Å². The molecule has 1 N–H and O–H groups in total. The van der Waals surface area contributed by atoms with E-state index in [2.05, 4.69) is 19.2 Å². The maximum Gasteiger partial charge on any atom is 0.322 e. The van der Waals surface area contributed by atoms with Gasteiger partial charge in [0.15, 0.2) is 0 Å². The van der Waals surface area contributed by atoms with Crippen molar-refractivity contribution in [1.29, 1.82) is 0 Å². The third kappa shape index (κ3) is 5.78. The molecular formula is C31H36N4O3. The number of benzene rings is 3. The van der Waals surface area contributed by atoms with Crippen LogP contribution in [0.25, 0.3) is 16.6 Å². The number of ether oxygens (including phenoxy) is 1. The Labute approximate surface area is 224 Å². The summed E-state index contributed by atoms with van der Waals surface area (Å²) in [5, 5.41) is 3.57. The van der Waals surface area contributed by atoms with Gasteiger partial charge in [-0.05, 0) is 66.8 Å². The lowest BCUT2D eigenvalue weighted by molar-refractivity contribution is 0.131. The van der Waals surface area contributed by atoms with Crippen LogP contribution >= 0.6 is 0 Å². The monoisotopic (exact) mass is 512 g/mol. The molecule has 0 aliphatic rings. The predicted molar refractivity (Wildman–Crippen MR) is 153 cm³/mol. The number of nitrogens with zero attached hydrogens (tertiary/aromatic N) is 3. The van der Waals surface area contributed by atoms with Crippen LogP contribution < -0.4 is 10.9 Å². The zero-order chi connectivity index (χ0) is 27.1. The highest BCUT2D eigenvalue weighted by atomic mass is 16.5.